The molecule has 0 bridgehead atoms. The molecule has 3 aromatic rings. The Hall–Kier alpha value is -3.27. The summed E-state index contributed by atoms with van der Waals surface area (Å²) in [6.45, 7) is 0.538. The van der Waals surface area contributed by atoms with E-state index in [1.165, 1.54) is 23.1 Å². The van der Waals surface area contributed by atoms with E-state index < -0.39 is 22.5 Å². The largest absolute Gasteiger partial charge is 0.417 e. The maximum absolute atomic E-state index is 13.0. The van der Waals surface area contributed by atoms with Crippen LogP contribution < -0.4 is 5.32 Å². The molecule has 0 radical (unpaired) electrons. The number of carbonyl (C=O) groups is 1. The van der Waals surface area contributed by atoms with Crippen LogP contribution in [0.5, 0.6) is 0 Å². The number of halogens is 4. The van der Waals surface area contributed by atoms with Gasteiger partial charge in [-0.1, -0.05) is 22.9 Å². The predicted molar refractivity (Wildman–Crippen MR) is 97.3 cm³/mol. The van der Waals surface area contributed by atoms with Gasteiger partial charge in [-0.2, -0.15) is 17.9 Å². The van der Waals surface area contributed by atoms with E-state index in [2.05, 4.69) is 25.6 Å². The Morgan fingerprint density at radius 3 is 2.72 bits per heavy atom. The molecule has 0 unspecified atom stereocenters. The van der Waals surface area contributed by atoms with E-state index in [1.54, 1.807) is 12.3 Å². The fourth-order valence-corrected chi connectivity index (χ4v) is 3.19. The quantitative estimate of drug-likeness (QED) is 0.652. The summed E-state index contributed by atoms with van der Waals surface area (Å²) in [6, 6.07) is 3.24. The number of rotatable bonds is 4. The van der Waals surface area contributed by atoms with Gasteiger partial charge < -0.3 is 5.32 Å². The molecule has 0 fully saturated rings. The number of fused-ring (bicyclic) bond motifs is 1. The summed E-state index contributed by atoms with van der Waals surface area (Å²) in [5.41, 5.74) is 0.667. The molecule has 7 nitrogen and oxygen atoms in total. The normalized spacial score (nSPS) is 13.1. The van der Waals surface area contributed by atoms with Crippen molar-refractivity contribution in [3.63, 3.8) is 0 Å². The standard InChI is InChI=1S/C18H12ClF3N6O/c19-16-11(2-1-3-12(16)18(20,21)22)15(29)6-10-7-24-17(25-8-10)28-14-4-5-23-9-13(14)26-27-28/h1-5,7-8,23H,6,9H2. The zero-order valence-electron chi connectivity index (χ0n) is 14.6. The highest BCUT2D eigenvalue weighted by molar-refractivity contribution is 6.34. The van der Waals surface area contributed by atoms with Gasteiger partial charge in [-0.15, -0.1) is 5.10 Å². The number of benzene rings is 1. The van der Waals surface area contributed by atoms with Gasteiger partial charge in [-0.25, -0.2) is 9.97 Å². The third-order valence-corrected chi connectivity index (χ3v) is 4.66. The van der Waals surface area contributed by atoms with Crippen molar-refractivity contribution >= 4 is 23.5 Å². The number of Topliss-reactive ketones (excluding diaryl/α,β-unsaturated/α-hetero) is 1. The molecule has 0 saturated heterocycles. The molecule has 29 heavy (non-hydrogen) atoms. The Balaban J connectivity index is 1.55. The fourth-order valence-electron chi connectivity index (χ4n) is 2.85. The van der Waals surface area contributed by atoms with Crippen LogP contribution in [0.25, 0.3) is 12.0 Å². The van der Waals surface area contributed by atoms with E-state index in [-0.39, 0.29) is 17.9 Å². The summed E-state index contributed by atoms with van der Waals surface area (Å²) in [5, 5.41) is 10.5. The van der Waals surface area contributed by atoms with Crippen LogP contribution in [0.3, 0.4) is 0 Å². The van der Waals surface area contributed by atoms with Crippen molar-refractivity contribution in [2.45, 2.75) is 19.1 Å². The average molecular weight is 421 g/mol. The van der Waals surface area contributed by atoms with Gasteiger partial charge in [0.1, 0.15) is 5.69 Å². The molecule has 11 heteroatoms. The highest BCUT2D eigenvalue weighted by atomic mass is 35.5. The van der Waals surface area contributed by atoms with Gasteiger partial charge in [-0.05, 0) is 30.0 Å². The zero-order valence-corrected chi connectivity index (χ0v) is 15.4. The second-order valence-corrected chi connectivity index (χ2v) is 6.58. The smallest absolute Gasteiger partial charge is 0.385 e. The van der Waals surface area contributed by atoms with Crippen LogP contribution in [-0.4, -0.2) is 30.7 Å². The van der Waals surface area contributed by atoms with Crippen LogP contribution in [0.4, 0.5) is 13.2 Å². The molecular weight excluding hydrogens is 409 g/mol. The minimum absolute atomic E-state index is 0.194. The van der Waals surface area contributed by atoms with Crippen LogP contribution in [-0.2, 0) is 19.1 Å². The number of aromatic nitrogens is 5. The second-order valence-electron chi connectivity index (χ2n) is 6.20. The van der Waals surface area contributed by atoms with Crippen LogP contribution in [0, 0.1) is 0 Å². The van der Waals surface area contributed by atoms with E-state index in [0.717, 1.165) is 23.5 Å². The fraction of sp³-hybridized carbons (Fsp3) is 0.167. The molecule has 4 rings (SSSR count). The van der Waals surface area contributed by atoms with Crippen LogP contribution in [0.2, 0.25) is 5.02 Å². The number of alkyl halides is 3. The molecule has 1 aromatic carbocycles. The molecule has 3 heterocycles. The Bertz CT molecular complexity index is 1110. The Labute approximate surface area is 167 Å². The molecule has 2 aromatic heterocycles. The maximum Gasteiger partial charge on any atom is 0.417 e. The minimum atomic E-state index is -4.64. The highest BCUT2D eigenvalue weighted by Crippen LogP contribution is 2.36. The third-order valence-electron chi connectivity index (χ3n) is 4.26. The Morgan fingerprint density at radius 1 is 1.24 bits per heavy atom. The van der Waals surface area contributed by atoms with E-state index in [0.29, 0.717) is 12.1 Å². The van der Waals surface area contributed by atoms with Crippen molar-refractivity contribution in [2.75, 3.05) is 0 Å². The van der Waals surface area contributed by atoms with E-state index in [9.17, 15) is 18.0 Å². The molecule has 0 aliphatic carbocycles. The molecule has 1 aliphatic heterocycles. The first-order valence-corrected chi connectivity index (χ1v) is 8.77. The number of ketones is 1. The Kier molecular flexibility index (Phi) is 4.79. The number of nitrogens with zero attached hydrogens (tertiary/aromatic N) is 5. The summed E-state index contributed by atoms with van der Waals surface area (Å²) >= 11 is 5.81. The van der Waals surface area contributed by atoms with Gasteiger partial charge in [0.2, 0.25) is 0 Å². The van der Waals surface area contributed by atoms with Crippen molar-refractivity contribution < 1.29 is 18.0 Å². The van der Waals surface area contributed by atoms with Gasteiger partial charge in [0, 0.05) is 24.4 Å². The van der Waals surface area contributed by atoms with Gasteiger partial charge in [-0.3, -0.25) is 4.79 Å². The van der Waals surface area contributed by atoms with Gasteiger partial charge in [0.05, 0.1) is 22.8 Å². The molecule has 1 N–H and O–H groups in total. The molecule has 1 aliphatic rings. The lowest BCUT2D eigenvalue weighted by Gasteiger charge is -2.11. The number of hydrogen-bond donors (Lipinski definition) is 1. The molecule has 0 saturated carbocycles. The topological polar surface area (TPSA) is 85.6 Å². The van der Waals surface area contributed by atoms with Crippen molar-refractivity contribution in [1.29, 1.82) is 0 Å². The first-order valence-electron chi connectivity index (χ1n) is 8.39. The SMILES string of the molecule is O=C(Cc1cnc(-n2nnc3c2C=CNC3)nc1)c1cccc(C(F)(F)F)c1Cl. The van der Waals surface area contributed by atoms with Crippen LogP contribution in [0.1, 0.15) is 32.9 Å². The van der Waals surface area contributed by atoms with E-state index in [1.807, 2.05) is 0 Å². The lowest BCUT2D eigenvalue weighted by Crippen LogP contribution is -2.13. The highest BCUT2D eigenvalue weighted by Gasteiger charge is 2.34. The predicted octanol–water partition coefficient (Wildman–Crippen LogP) is 3.23. The van der Waals surface area contributed by atoms with Crippen molar-refractivity contribution in [2.24, 2.45) is 0 Å². The van der Waals surface area contributed by atoms with Gasteiger partial charge in [0.15, 0.2) is 5.78 Å². The zero-order chi connectivity index (χ0) is 20.6. The monoisotopic (exact) mass is 420 g/mol. The number of nitrogens with one attached hydrogen (secondary N) is 1. The van der Waals surface area contributed by atoms with Gasteiger partial charge >= 0.3 is 6.18 Å². The summed E-state index contributed by atoms with van der Waals surface area (Å²) in [7, 11) is 0. The van der Waals surface area contributed by atoms with Crippen molar-refractivity contribution in [3.05, 3.63) is 69.9 Å². The average Bonchev–Trinajstić information content (AvgIpc) is 3.12. The second kappa shape index (κ2) is 7.28. The Morgan fingerprint density at radius 2 is 2.00 bits per heavy atom. The molecule has 0 amide bonds. The van der Waals surface area contributed by atoms with Crippen molar-refractivity contribution in [3.8, 4) is 5.95 Å². The molecule has 0 spiro atoms. The molecule has 0 atom stereocenters. The molecular formula is C18H12ClF3N6O. The lowest BCUT2D eigenvalue weighted by molar-refractivity contribution is -0.137. The summed E-state index contributed by atoms with van der Waals surface area (Å²) in [4.78, 5) is 20.8. The first-order chi connectivity index (χ1) is 13.8. The van der Waals surface area contributed by atoms with E-state index in [4.69, 9.17) is 11.6 Å². The van der Waals surface area contributed by atoms with Crippen LogP contribution >= 0.6 is 11.6 Å². The number of carbonyl (C=O) groups excluding carboxylic acids is 1. The summed E-state index contributed by atoms with van der Waals surface area (Å²) in [5.74, 6) is -0.303. The summed E-state index contributed by atoms with van der Waals surface area (Å²) in [6.07, 6.45) is 1.55. The maximum atomic E-state index is 13.0. The summed E-state index contributed by atoms with van der Waals surface area (Å²) < 4.78 is 40.4. The number of hydrogen-bond acceptors (Lipinski definition) is 6. The van der Waals surface area contributed by atoms with Crippen LogP contribution in [0.15, 0.2) is 36.8 Å². The molecule has 148 valence electrons. The first kappa shape index (κ1) is 19.1. The van der Waals surface area contributed by atoms with Crippen molar-refractivity contribution in [1.82, 2.24) is 30.3 Å². The minimum Gasteiger partial charge on any atom is -0.385 e. The van der Waals surface area contributed by atoms with Gasteiger partial charge in [0.25, 0.3) is 5.95 Å². The third kappa shape index (κ3) is 3.70. The van der Waals surface area contributed by atoms with E-state index >= 15 is 0 Å². The lowest BCUT2D eigenvalue weighted by atomic mass is 10.0.